The lowest BCUT2D eigenvalue weighted by molar-refractivity contribution is -0.157. The topological polar surface area (TPSA) is 338 Å². The minimum absolute atomic E-state index is 0.0186. The van der Waals surface area contributed by atoms with E-state index >= 15 is 0 Å². The van der Waals surface area contributed by atoms with Crippen LogP contribution < -0.4 is 10.6 Å². The molecule has 0 aliphatic rings. The Balaban J connectivity index is 0.00000320. The number of hydrogen-bond donors (Lipinski definition) is 8. The summed E-state index contributed by atoms with van der Waals surface area (Å²) in [5, 5.41) is 57.6. The van der Waals surface area contributed by atoms with Crippen LogP contribution in [-0.2, 0) is 69.3 Å². The second-order valence-electron chi connectivity index (χ2n) is 11.5. The molecule has 0 fully saturated rings. The molecule has 2 rings (SSSR count). The van der Waals surface area contributed by atoms with E-state index in [0.29, 0.717) is 5.82 Å². The number of rotatable bonds is 22. The van der Waals surface area contributed by atoms with Crippen molar-refractivity contribution in [3.8, 4) is 0 Å². The molecule has 22 nitrogen and oxygen atoms in total. The number of carboxylic acids is 6. The van der Waals surface area contributed by atoms with Crippen LogP contribution in [0.5, 0.6) is 0 Å². The summed E-state index contributed by atoms with van der Waals surface area (Å²) in [5.41, 5.74) is 0. The van der Waals surface area contributed by atoms with Crippen LogP contribution >= 0.6 is 0 Å². The molecular formula is C30H41N7O15. The molecule has 286 valence electrons. The van der Waals surface area contributed by atoms with Crippen LogP contribution in [-0.4, -0.2) is 127 Å². The largest absolute Gasteiger partial charge is 0.481 e. The van der Waals surface area contributed by atoms with Gasteiger partial charge in [-0.1, -0.05) is 13.8 Å². The lowest BCUT2D eigenvalue weighted by Crippen LogP contribution is -2.45. The van der Waals surface area contributed by atoms with Gasteiger partial charge in [-0.05, 0) is 6.42 Å². The predicted molar refractivity (Wildman–Crippen MR) is 171 cm³/mol. The SMILES string of the molecule is CC(=O)O.CC(C)C(=O)CN(Cc1nccn1CC(=O)NCCC(C(=O)O)C(=O)O)Cc1nccn1CC(=O)NC(CC(C(=O)O)C(=O)O)C(=O)O. The van der Waals surface area contributed by atoms with Gasteiger partial charge in [-0.15, -0.1) is 0 Å². The predicted octanol–water partition coefficient (Wildman–Crippen LogP) is -1.57. The Morgan fingerprint density at radius 1 is 0.712 bits per heavy atom. The van der Waals surface area contributed by atoms with E-state index in [2.05, 4.69) is 20.6 Å². The Bertz CT molecular complexity index is 1580. The quantitative estimate of drug-likeness (QED) is 0.0632. The zero-order valence-electron chi connectivity index (χ0n) is 28.4. The third-order valence-corrected chi connectivity index (χ3v) is 7.04. The summed E-state index contributed by atoms with van der Waals surface area (Å²) in [6.45, 7) is 3.46. The van der Waals surface area contributed by atoms with Crippen molar-refractivity contribution >= 4 is 53.4 Å². The van der Waals surface area contributed by atoms with E-state index in [-0.39, 0.29) is 56.7 Å². The Kier molecular flexibility index (Phi) is 17.8. The first kappa shape index (κ1) is 43.8. The monoisotopic (exact) mass is 739 g/mol. The van der Waals surface area contributed by atoms with Gasteiger partial charge in [-0.25, -0.2) is 14.8 Å². The van der Waals surface area contributed by atoms with Gasteiger partial charge in [0.15, 0.2) is 11.8 Å². The summed E-state index contributed by atoms with van der Waals surface area (Å²) in [6.07, 6.45) is 4.45. The van der Waals surface area contributed by atoms with Crippen molar-refractivity contribution in [3.63, 3.8) is 0 Å². The van der Waals surface area contributed by atoms with Crippen molar-refractivity contribution in [1.29, 1.82) is 0 Å². The Hall–Kier alpha value is -6.19. The first-order chi connectivity index (χ1) is 24.2. The van der Waals surface area contributed by atoms with Gasteiger partial charge in [0.25, 0.3) is 5.97 Å². The molecule has 1 unspecified atom stereocenters. The van der Waals surface area contributed by atoms with Crippen LogP contribution in [0.4, 0.5) is 0 Å². The van der Waals surface area contributed by atoms with Crippen molar-refractivity contribution < 1.29 is 73.8 Å². The molecule has 2 amide bonds. The fourth-order valence-electron chi connectivity index (χ4n) is 4.32. The standard InChI is InChI=1S/C28H37N7O13.C2H4O2/c1-15(2)19(36)10-33(11-20-29-5-7-34(20)13-22(37)31-4-3-16(24(39)40)25(41)42)12-21-30-6-8-35(21)14-23(38)32-18(28(47)48)9-17(26(43)44)27(45)46;1-2(3)4/h5-8,15-18H,3-4,9-14H2,1-2H3,(H,31,37)(H,32,38)(H,39,40)(H,41,42)(H,43,44)(H,45,46)(H,47,48);1H3,(H,3,4). The maximum atomic E-state index is 12.7. The average Bonchev–Trinajstić information content (AvgIpc) is 3.64. The van der Waals surface area contributed by atoms with Crippen molar-refractivity contribution in [3.05, 3.63) is 36.4 Å². The summed E-state index contributed by atoms with van der Waals surface area (Å²) in [6, 6.07) is -1.81. The van der Waals surface area contributed by atoms with Crippen LogP contribution in [0.3, 0.4) is 0 Å². The number of amides is 2. The highest BCUT2D eigenvalue weighted by atomic mass is 16.4. The zero-order valence-corrected chi connectivity index (χ0v) is 28.4. The maximum absolute atomic E-state index is 12.7. The molecule has 0 aliphatic heterocycles. The molecule has 8 N–H and O–H groups in total. The van der Waals surface area contributed by atoms with Gasteiger partial charge in [0.2, 0.25) is 11.8 Å². The number of carbonyl (C=O) groups is 9. The van der Waals surface area contributed by atoms with Crippen molar-refractivity contribution in [2.24, 2.45) is 17.8 Å². The number of imidazole rings is 2. The minimum Gasteiger partial charge on any atom is -0.481 e. The van der Waals surface area contributed by atoms with Gasteiger partial charge >= 0.3 is 29.8 Å². The van der Waals surface area contributed by atoms with E-state index in [9.17, 15) is 43.5 Å². The highest BCUT2D eigenvalue weighted by Gasteiger charge is 2.33. The van der Waals surface area contributed by atoms with Crippen molar-refractivity contribution in [2.45, 2.75) is 65.8 Å². The van der Waals surface area contributed by atoms with E-state index < -0.39 is 78.5 Å². The molecule has 0 saturated heterocycles. The number of carboxylic acid groups (broad SMARTS) is 6. The number of carbonyl (C=O) groups excluding carboxylic acids is 3. The first-order valence-electron chi connectivity index (χ1n) is 15.4. The highest BCUT2D eigenvalue weighted by molar-refractivity contribution is 5.94. The number of nitrogens with zero attached hydrogens (tertiary/aromatic N) is 5. The van der Waals surface area contributed by atoms with E-state index in [1.165, 1.54) is 33.9 Å². The average molecular weight is 740 g/mol. The van der Waals surface area contributed by atoms with Crippen molar-refractivity contribution in [2.75, 3.05) is 13.1 Å². The van der Waals surface area contributed by atoms with Gasteiger partial charge in [0.05, 0.1) is 19.6 Å². The Morgan fingerprint density at radius 3 is 1.56 bits per heavy atom. The molecule has 2 aromatic rings. The third-order valence-electron chi connectivity index (χ3n) is 7.04. The van der Waals surface area contributed by atoms with Crippen molar-refractivity contribution in [1.82, 2.24) is 34.6 Å². The second-order valence-corrected chi connectivity index (χ2v) is 11.5. The summed E-state index contributed by atoms with van der Waals surface area (Å²) in [7, 11) is 0. The van der Waals surface area contributed by atoms with Crippen LogP contribution in [0.15, 0.2) is 24.8 Å². The lowest BCUT2D eigenvalue weighted by atomic mass is 10.00. The fourth-order valence-corrected chi connectivity index (χ4v) is 4.32. The molecule has 1 atom stereocenters. The summed E-state index contributed by atoms with van der Waals surface area (Å²) in [4.78, 5) is 113. The third kappa shape index (κ3) is 15.6. The van der Waals surface area contributed by atoms with E-state index in [4.69, 9.17) is 30.3 Å². The number of Topliss-reactive ketones (excluding diaryl/α,β-unsaturated/α-hetero) is 1. The Morgan fingerprint density at radius 2 is 1.15 bits per heavy atom. The summed E-state index contributed by atoms with van der Waals surface area (Å²) in [5.74, 6) is -14.1. The van der Waals surface area contributed by atoms with Gasteiger partial charge in [-0.3, -0.25) is 43.3 Å². The number of ketones is 1. The molecule has 2 aromatic heterocycles. The van der Waals surface area contributed by atoms with E-state index in [0.717, 1.165) is 6.92 Å². The second kappa shape index (κ2) is 21.1. The molecule has 0 aromatic carbocycles. The molecule has 0 radical (unpaired) electrons. The normalized spacial score (nSPS) is 11.4. The fraction of sp³-hybridized carbons (Fsp3) is 0.500. The van der Waals surface area contributed by atoms with Gasteiger partial charge in [0.1, 0.15) is 36.6 Å². The van der Waals surface area contributed by atoms with Crippen LogP contribution in [0.1, 0.15) is 45.3 Å². The molecule has 52 heavy (non-hydrogen) atoms. The van der Waals surface area contributed by atoms with Gasteiger partial charge in [-0.2, -0.15) is 0 Å². The molecule has 0 aliphatic carbocycles. The molecule has 2 heterocycles. The number of aliphatic carboxylic acids is 6. The van der Waals surface area contributed by atoms with Crippen LogP contribution in [0.2, 0.25) is 0 Å². The molecular weight excluding hydrogens is 698 g/mol. The van der Waals surface area contributed by atoms with E-state index in [1.807, 2.05) is 0 Å². The number of nitrogens with one attached hydrogen (secondary N) is 2. The van der Waals surface area contributed by atoms with Crippen LogP contribution in [0.25, 0.3) is 0 Å². The lowest BCUT2D eigenvalue weighted by Gasteiger charge is -2.23. The molecule has 22 heteroatoms. The summed E-state index contributed by atoms with van der Waals surface area (Å²) >= 11 is 0. The molecule has 0 bridgehead atoms. The number of aromatic nitrogens is 4. The van der Waals surface area contributed by atoms with Crippen LogP contribution in [0, 0.1) is 17.8 Å². The summed E-state index contributed by atoms with van der Waals surface area (Å²) < 4.78 is 2.83. The molecule has 0 saturated carbocycles. The maximum Gasteiger partial charge on any atom is 0.326 e. The van der Waals surface area contributed by atoms with E-state index in [1.54, 1.807) is 18.7 Å². The van der Waals surface area contributed by atoms with Gasteiger partial charge < -0.3 is 50.4 Å². The highest BCUT2D eigenvalue weighted by Crippen LogP contribution is 2.12. The zero-order chi connectivity index (χ0) is 39.7. The smallest absolute Gasteiger partial charge is 0.326 e. The number of hydrogen-bond acceptors (Lipinski definition) is 12. The Labute approximate surface area is 295 Å². The molecule has 0 spiro atoms. The first-order valence-corrected chi connectivity index (χ1v) is 15.4. The minimum atomic E-state index is -2.07. The van der Waals surface area contributed by atoms with Gasteiger partial charge in [0, 0.05) is 50.6 Å².